The number of unbranched alkanes of at least 4 members (excludes halogenated alkanes) is 2. The number of hydrogen-bond acceptors (Lipinski definition) is 4. The van der Waals surface area contributed by atoms with Crippen molar-refractivity contribution in [3.63, 3.8) is 0 Å². The lowest BCUT2D eigenvalue weighted by atomic mass is 10.2. The van der Waals surface area contributed by atoms with E-state index in [1.54, 1.807) is 0 Å². The van der Waals surface area contributed by atoms with Gasteiger partial charge in [0, 0.05) is 18.8 Å². The molecule has 28 heavy (non-hydrogen) atoms. The molecule has 0 saturated heterocycles. The van der Waals surface area contributed by atoms with Crippen molar-refractivity contribution in [2.45, 2.75) is 32.8 Å². The first kappa shape index (κ1) is 21.2. The zero-order chi connectivity index (χ0) is 20.2. The smallest absolute Gasteiger partial charge is 0.424 e. The number of para-hydroxylation sites is 1. The number of aryl methyl sites for hydroxylation is 1. The Labute approximate surface area is 165 Å². The SMILES string of the molecule is Cc1ccccc1NC(=O)NCCCCCN(N)C(=O)OCc1ccccc1. The predicted octanol–water partition coefficient (Wildman–Crippen LogP) is 3.80. The highest BCUT2D eigenvalue weighted by molar-refractivity contribution is 5.89. The molecule has 0 aliphatic carbocycles. The standard InChI is InChI=1S/C21H28N4O3/c1-17-10-6-7-13-19(17)24-20(26)23-14-8-3-9-15-25(22)21(27)28-16-18-11-4-2-5-12-18/h2,4-7,10-13H,3,8-9,14-16,22H2,1H3,(H2,23,24,26). The van der Waals surface area contributed by atoms with Gasteiger partial charge in [-0.15, -0.1) is 0 Å². The number of nitrogens with one attached hydrogen (secondary N) is 2. The molecule has 0 aromatic heterocycles. The summed E-state index contributed by atoms with van der Waals surface area (Å²) >= 11 is 0. The van der Waals surface area contributed by atoms with E-state index in [0.717, 1.165) is 41.1 Å². The minimum absolute atomic E-state index is 0.202. The Balaban J connectivity index is 1.53. The zero-order valence-electron chi connectivity index (χ0n) is 16.2. The number of anilines is 1. The number of carbonyl (C=O) groups excluding carboxylic acids is 2. The van der Waals surface area contributed by atoms with Crippen LogP contribution in [0.25, 0.3) is 0 Å². The van der Waals surface area contributed by atoms with E-state index in [2.05, 4.69) is 10.6 Å². The average molecular weight is 384 g/mol. The van der Waals surface area contributed by atoms with Crippen molar-refractivity contribution in [2.24, 2.45) is 5.84 Å². The summed E-state index contributed by atoms with van der Waals surface area (Å²) in [4.78, 5) is 23.7. The summed E-state index contributed by atoms with van der Waals surface area (Å²) in [6.45, 7) is 3.11. The zero-order valence-corrected chi connectivity index (χ0v) is 16.2. The molecule has 0 fully saturated rings. The monoisotopic (exact) mass is 384 g/mol. The number of carbonyl (C=O) groups is 2. The number of amides is 3. The molecule has 0 atom stereocenters. The first-order chi connectivity index (χ1) is 13.6. The molecule has 7 heteroatoms. The first-order valence-electron chi connectivity index (χ1n) is 9.39. The lowest BCUT2D eigenvalue weighted by Gasteiger charge is -2.16. The van der Waals surface area contributed by atoms with Gasteiger partial charge in [0.25, 0.3) is 0 Å². The Bertz CT molecular complexity index is 752. The summed E-state index contributed by atoms with van der Waals surface area (Å²) in [7, 11) is 0. The summed E-state index contributed by atoms with van der Waals surface area (Å²) in [5, 5.41) is 6.73. The highest BCUT2D eigenvalue weighted by atomic mass is 16.6. The van der Waals surface area contributed by atoms with Crippen LogP contribution >= 0.6 is 0 Å². The van der Waals surface area contributed by atoms with Crippen LogP contribution in [0.15, 0.2) is 54.6 Å². The molecule has 0 unspecified atom stereocenters. The summed E-state index contributed by atoms with van der Waals surface area (Å²) in [6, 6.07) is 16.8. The highest BCUT2D eigenvalue weighted by Crippen LogP contribution is 2.12. The molecule has 3 amide bonds. The number of urea groups is 1. The van der Waals surface area contributed by atoms with Crippen LogP contribution in [0.1, 0.15) is 30.4 Å². The van der Waals surface area contributed by atoms with Gasteiger partial charge in [0.2, 0.25) is 0 Å². The number of nitrogens with zero attached hydrogens (tertiary/aromatic N) is 1. The predicted molar refractivity (Wildman–Crippen MR) is 110 cm³/mol. The Morgan fingerprint density at radius 3 is 2.46 bits per heavy atom. The molecule has 0 aliphatic rings. The molecule has 0 saturated carbocycles. The van der Waals surface area contributed by atoms with Gasteiger partial charge >= 0.3 is 12.1 Å². The average Bonchev–Trinajstić information content (AvgIpc) is 2.71. The molecule has 0 bridgehead atoms. The maximum absolute atomic E-state index is 11.9. The molecule has 0 radical (unpaired) electrons. The maximum atomic E-state index is 11.9. The minimum atomic E-state index is -0.542. The highest BCUT2D eigenvalue weighted by Gasteiger charge is 2.10. The number of benzene rings is 2. The number of nitrogens with two attached hydrogens (primary N) is 1. The van der Waals surface area contributed by atoms with Crippen LogP contribution in [-0.4, -0.2) is 30.2 Å². The topological polar surface area (TPSA) is 96.7 Å². The van der Waals surface area contributed by atoms with Crippen LogP contribution in [-0.2, 0) is 11.3 Å². The molecule has 4 N–H and O–H groups in total. The van der Waals surface area contributed by atoms with Crippen LogP contribution in [0.5, 0.6) is 0 Å². The third-order valence-corrected chi connectivity index (χ3v) is 4.19. The maximum Gasteiger partial charge on any atom is 0.424 e. The van der Waals surface area contributed by atoms with E-state index in [1.807, 2.05) is 61.5 Å². The van der Waals surface area contributed by atoms with Gasteiger partial charge in [0.1, 0.15) is 6.61 Å². The molecule has 0 spiro atoms. The molecule has 150 valence electrons. The summed E-state index contributed by atoms with van der Waals surface area (Å²) in [5.41, 5.74) is 2.73. The van der Waals surface area contributed by atoms with Gasteiger partial charge < -0.3 is 15.4 Å². The number of ether oxygens (including phenoxy) is 1. The van der Waals surface area contributed by atoms with Crippen molar-refractivity contribution in [1.29, 1.82) is 0 Å². The Kier molecular flexibility index (Phi) is 8.81. The molecular formula is C21H28N4O3. The van der Waals surface area contributed by atoms with E-state index in [4.69, 9.17) is 10.6 Å². The van der Waals surface area contributed by atoms with Crippen molar-refractivity contribution in [2.75, 3.05) is 18.4 Å². The van der Waals surface area contributed by atoms with Gasteiger partial charge in [-0.3, -0.25) is 0 Å². The van der Waals surface area contributed by atoms with E-state index in [-0.39, 0.29) is 12.6 Å². The first-order valence-corrected chi connectivity index (χ1v) is 9.39. The number of hydrogen-bond donors (Lipinski definition) is 3. The lowest BCUT2D eigenvalue weighted by molar-refractivity contribution is 0.0956. The van der Waals surface area contributed by atoms with Gasteiger partial charge in [-0.2, -0.15) is 0 Å². The molecule has 7 nitrogen and oxygen atoms in total. The van der Waals surface area contributed by atoms with E-state index in [9.17, 15) is 9.59 Å². The van der Waals surface area contributed by atoms with Crippen LogP contribution in [0, 0.1) is 6.92 Å². The molecule has 2 rings (SSSR count). The van der Waals surface area contributed by atoms with Crippen LogP contribution in [0.2, 0.25) is 0 Å². The largest absolute Gasteiger partial charge is 0.444 e. The van der Waals surface area contributed by atoms with Crippen molar-refractivity contribution in [3.05, 3.63) is 65.7 Å². The summed E-state index contributed by atoms with van der Waals surface area (Å²) in [6.07, 6.45) is 1.83. The van der Waals surface area contributed by atoms with E-state index >= 15 is 0 Å². The van der Waals surface area contributed by atoms with Gasteiger partial charge in [-0.1, -0.05) is 48.5 Å². The molecular weight excluding hydrogens is 356 g/mol. The van der Waals surface area contributed by atoms with Gasteiger partial charge in [0.15, 0.2) is 0 Å². The normalized spacial score (nSPS) is 10.2. The number of hydrazine groups is 1. The third kappa shape index (κ3) is 7.67. The van der Waals surface area contributed by atoms with E-state index in [0.29, 0.717) is 13.1 Å². The molecule has 0 aliphatic heterocycles. The molecule has 0 heterocycles. The Morgan fingerprint density at radius 2 is 1.71 bits per heavy atom. The lowest BCUT2D eigenvalue weighted by Crippen LogP contribution is -2.38. The van der Waals surface area contributed by atoms with Crippen LogP contribution in [0.4, 0.5) is 15.3 Å². The fraction of sp³-hybridized carbons (Fsp3) is 0.333. The molecule has 2 aromatic carbocycles. The van der Waals surface area contributed by atoms with Crippen molar-refractivity contribution >= 4 is 17.8 Å². The van der Waals surface area contributed by atoms with Crippen molar-refractivity contribution in [1.82, 2.24) is 10.3 Å². The Morgan fingerprint density at radius 1 is 1.00 bits per heavy atom. The second-order valence-electron chi connectivity index (χ2n) is 6.49. The summed E-state index contributed by atoms with van der Waals surface area (Å²) < 4.78 is 5.16. The Hall–Kier alpha value is -3.06. The van der Waals surface area contributed by atoms with E-state index in [1.165, 1.54) is 0 Å². The van der Waals surface area contributed by atoms with Crippen molar-refractivity contribution < 1.29 is 14.3 Å². The third-order valence-electron chi connectivity index (χ3n) is 4.19. The van der Waals surface area contributed by atoms with Gasteiger partial charge in [-0.25, -0.2) is 20.4 Å². The second kappa shape index (κ2) is 11.6. The van der Waals surface area contributed by atoms with Crippen LogP contribution < -0.4 is 16.5 Å². The fourth-order valence-corrected chi connectivity index (χ4v) is 2.56. The number of rotatable bonds is 9. The second-order valence-corrected chi connectivity index (χ2v) is 6.49. The fourth-order valence-electron chi connectivity index (χ4n) is 2.56. The van der Waals surface area contributed by atoms with Gasteiger partial charge in [-0.05, 0) is 43.4 Å². The quantitative estimate of drug-likeness (QED) is 0.265. The summed E-state index contributed by atoms with van der Waals surface area (Å²) in [5.74, 6) is 5.72. The van der Waals surface area contributed by atoms with Crippen LogP contribution in [0.3, 0.4) is 0 Å². The van der Waals surface area contributed by atoms with Gasteiger partial charge in [0.05, 0.1) is 0 Å². The molecule has 2 aromatic rings. The minimum Gasteiger partial charge on any atom is -0.444 e. The van der Waals surface area contributed by atoms with E-state index < -0.39 is 6.09 Å². The van der Waals surface area contributed by atoms with Crippen molar-refractivity contribution in [3.8, 4) is 0 Å².